The van der Waals surface area contributed by atoms with Gasteiger partial charge in [0.2, 0.25) is 0 Å². The summed E-state index contributed by atoms with van der Waals surface area (Å²) in [5.74, 6) is 0.909. The van der Waals surface area contributed by atoms with Gasteiger partial charge >= 0.3 is 0 Å². The number of H-pyrrole nitrogens is 1. The average Bonchev–Trinajstić information content (AvgIpc) is 3.18. The summed E-state index contributed by atoms with van der Waals surface area (Å²) in [6.07, 6.45) is 2.58. The highest BCUT2D eigenvalue weighted by atomic mass is 19.1. The molecule has 0 radical (unpaired) electrons. The van der Waals surface area contributed by atoms with Crippen molar-refractivity contribution in [3.8, 4) is 5.75 Å². The second-order valence-corrected chi connectivity index (χ2v) is 6.93. The molecule has 0 atom stereocenters. The van der Waals surface area contributed by atoms with E-state index < -0.39 is 0 Å². The van der Waals surface area contributed by atoms with E-state index in [-0.39, 0.29) is 11.7 Å². The maximum absolute atomic E-state index is 13.5. The van der Waals surface area contributed by atoms with E-state index in [0.717, 1.165) is 23.0 Å². The topological polar surface area (TPSA) is 90.5 Å². The first-order chi connectivity index (χ1) is 15.1. The van der Waals surface area contributed by atoms with Gasteiger partial charge < -0.3 is 25.7 Å². The van der Waals surface area contributed by atoms with Crippen molar-refractivity contribution in [2.24, 2.45) is 4.99 Å². The Labute approximate surface area is 181 Å². The van der Waals surface area contributed by atoms with Crippen LogP contribution in [-0.2, 0) is 6.42 Å². The Bertz CT molecular complexity index is 1050. The van der Waals surface area contributed by atoms with Crippen molar-refractivity contribution in [2.45, 2.75) is 13.3 Å². The Morgan fingerprint density at radius 2 is 1.97 bits per heavy atom. The van der Waals surface area contributed by atoms with Gasteiger partial charge in [-0.15, -0.1) is 0 Å². The number of hydrogen-bond donors (Lipinski definition) is 4. The Kier molecular flexibility index (Phi) is 7.86. The number of aromatic amines is 1. The van der Waals surface area contributed by atoms with Crippen LogP contribution in [0.1, 0.15) is 22.8 Å². The summed E-state index contributed by atoms with van der Waals surface area (Å²) in [5, 5.41) is 10.1. The average molecular weight is 426 g/mol. The molecule has 0 unspecified atom stereocenters. The number of aliphatic imine (C=N–C) groups is 1. The second-order valence-electron chi connectivity index (χ2n) is 6.93. The van der Waals surface area contributed by atoms with Gasteiger partial charge in [0.25, 0.3) is 5.91 Å². The summed E-state index contributed by atoms with van der Waals surface area (Å²) < 4.78 is 18.7. The molecule has 0 bridgehead atoms. The summed E-state index contributed by atoms with van der Waals surface area (Å²) in [5.41, 5.74) is 2.49. The molecule has 31 heavy (non-hydrogen) atoms. The Morgan fingerprint density at radius 1 is 1.13 bits per heavy atom. The molecule has 1 aromatic heterocycles. The van der Waals surface area contributed by atoms with E-state index in [2.05, 4.69) is 25.9 Å². The molecule has 7 nitrogen and oxygen atoms in total. The molecule has 1 heterocycles. The molecule has 3 rings (SSSR count). The van der Waals surface area contributed by atoms with Crippen LogP contribution in [0.4, 0.5) is 4.39 Å². The summed E-state index contributed by atoms with van der Waals surface area (Å²) in [6.45, 7) is 4.24. The second kappa shape index (κ2) is 11.0. The van der Waals surface area contributed by atoms with Gasteiger partial charge in [-0.1, -0.05) is 6.07 Å². The van der Waals surface area contributed by atoms with Crippen molar-refractivity contribution in [3.63, 3.8) is 0 Å². The third-order valence-electron chi connectivity index (χ3n) is 4.76. The molecule has 0 saturated heterocycles. The molecule has 0 aliphatic carbocycles. The first-order valence-corrected chi connectivity index (χ1v) is 10.3. The van der Waals surface area contributed by atoms with Crippen molar-refractivity contribution in [3.05, 3.63) is 65.6 Å². The van der Waals surface area contributed by atoms with Gasteiger partial charge in [0.05, 0.1) is 7.11 Å². The normalized spacial score (nSPS) is 11.4. The van der Waals surface area contributed by atoms with Gasteiger partial charge in [-0.25, -0.2) is 4.39 Å². The molecule has 2 aromatic carbocycles. The van der Waals surface area contributed by atoms with Crippen LogP contribution >= 0.6 is 0 Å². The number of carbonyl (C=O) groups is 1. The third kappa shape index (κ3) is 6.21. The quantitative estimate of drug-likeness (QED) is 0.241. The number of rotatable bonds is 9. The molecule has 0 saturated carbocycles. The molecular formula is C23H28FN5O2. The molecule has 0 aliphatic heterocycles. The number of carbonyl (C=O) groups excluding carboxylic acids is 1. The van der Waals surface area contributed by atoms with Crippen LogP contribution in [0.5, 0.6) is 5.75 Å². The molecule has 0 spiro atoms. The fraction of sp³-hybridized carbons (Fsp3) is 0.304. The van der Waals surface area contributed by atoms with E-state index in [1.807, 2.05) is 13.1 Å². The number of ether oxygens (including phenoxy) is 1. The Balaban J connectivity index is 1.48. The van der Waals surface area contributed by atoms with Crippen molar-refractivity contribution in [1.29, 1.82) is 0 Å². The number of benzene rings is 2. The summed E-state index contributed by atoms with van der Waals surface area (Å²) >= 11 is 0. The summed E-state index contributed by atoms with van der Waals surface area (Å²) in [4.78, 5) is 20.0. The SMILES string of the molecule is CCNC(=NCCc1c[nH]c2ccc(F)cc12)NCCNC(=O)c1cccc(OC)c1. The lowest BCUT2D eigenvalue weighted by Gasteiger charge is -2.12. The number of halogens is 1. The van der Waals surface area contributed by atoms with Gasteiger partial charge in [0, 0.05) is 48.8 Å². The van der Waals surface area contributed by atoms with Crippen molar-refractivity contribution >= 4 is 22.8 Å². The highest BCUT2D eigenvalue weighted by molar-refractivity contribution is 5.94. The maximum Gasteiger partial charge on any atom is 0.251 e. The van der Waals surface area contributed by atoms with Gasteiger partial charge in [0.1, 0.15) is 11.6 Å². The standard InChI is InChI=1S/C23H28FN5O2/c1-3-25-23(27-10-9-17-15-29-21-8-7-18(24)14-20(17)21)28-12-11-26-22(30)16-5-4-6-19(13-16)31-2/h4-8,13-15,29H,3,9-12H2,1-2H3,(H,26,30)(H2,25,27,28). The number of nitrogens with zero attached hydrogens (tertiary/aromatic N) is 1. The minimum atomic E-state index is -0.247. The van der Waals surface area contributed by atoms with Gasteiger partial charge in [0.15, 0.2) is 5.96 Å². The smallest absolute Gasteiger partial charge is 0.251 e. The van der Waals surface area contributed by atoms with Gasteiger partial charge in [-0.05, 0) is 55.3 Å². The van der Waals surface area contributed by atoms with Crippen LogP contribution in [-0.4, -0.2) is 50.1 Å². The van der Waals surface area contributed by atoms with E-state index in [0.29, 0.717) is 43.3 Å². The highest BCUT2D eigenvalue weighted by Crippen LogP contribution is 2.19. The molecule has 4 N–H and O–H groups in total. The third-order valence-corrected chi connectivity index (χ3v) is 4.76. The van der Waals surface area contributed by atoms with Crippen LogP contribution in [0.2, 0.25) is 0 Å². The number of guanidine groups is 1. The van der Waals surface area contributed by atoms with Crippen molar-refractivity contribution < 1.29 is 13.9 Å². The lowest BCUT2D eigenvalue weighted by molar-refractivity contribution is 0.0954. The number of amides is 1. The molecule has 0 aliphatic rings. The van der Waals surface area contributed by atoms with Crippen LogP contribution in [0.3, 0.4) is 0 Å². The fourth-order valence-corrected chi connectivity index (χ4v) is 3.21. The lowest BCUT2D eigenvalue weighted by atomic mass is 10.1. The number of hydrogen-bond acceptors (Lipinski definition) is 3. The number of methoxy groups -OCH3 is 1. The van der Waals surface area contributed by atoms with Crippen LogP contribution < -0.4 is 20.7 Å². The van der Waals surface area contributed by atoms with Gasteiger partial charge in [-0.3, -0.25) is 9.79 Å². The first kappa shape index (κ1) is 22.1. The van der Waals surface area contributed by atoms with Crippen molar-refractivity contribution in [1.82, 2.24) is 20.9 Å². The zero-order valence-corrected chi connectivity index (χ0v) is 17.8. The zero-order valence-electron chi connectivity index (χ0n) is 17.8. The molecule has 164 valence electrons. The summed E-state index contributed by atoms with van der Waals surface area (Å²) in [7, 11) is 1.57. The fourth-order valence-electron chi connectivity index (χ4n) is 3.21. The minimum absolute atomic E-state index is 0.158. The van der Waals surface area contributed by atoms with E-state index in [1.54, 1.807) is 43.5 Å². The van der Waals surface area contributed by atoms with Crippen LogP contribution in [0.15, 0.2) is 53.7 Å². The first-order valence-electron chi connectivity index (χ1n) is 10.3. The van der Waals surface area contributed by atoms with Crippen LogP contribution in [0, 0.1) is 5.82 Å². The molecule has 3 aromatic rings. The predicted octanol–water partition coefficient (Wildman–Crippen LogP) is 2.84. The van der Waals surface area contributed by atoms with E-state index in [9.17, 15) is 9.18 Å². The number of fused-ring (bicyclic) bond motifs is 1. The number of aromatic nitrogens is 1. The highest BCUT2D eigenvalue weighted by Gasteiger charge is 2.07. The summed E-state index contributed by atoms with van der Waals surface area (Å²) in [6, 6.07) is 11.7. The molecule has 0 fully saturated rings. The van der Waals surface area contributed by atoms with E-state index in [4.69, 9.17) is 4.74 Å². The largest absolute Gasteiger partial charge is 0.497 e. The maximum atomic E-state index is 13.5. The minimum Gasteiger partial charge on any atom is -0.497 e. The molecular weight excluding hydrogens is 397 g/mol. The predicted molar refractivity (Wildman–Crippen MR) is 121 cm³/mol. The Morgan fingerprint density at radius 3 is 2.77 bits per heavy atom. The van der Waals surface area contributed by atoms with Crippen LogP contribution in [0.25, 0.3) is 10.9 Å². The zero-order chi connectivity index (χ0) is 22.1. The monoisotopic (exact) mass is 425 g/mol. The van der Waals surface area contributed by atoms with E-state index in [1.165, 1.54) is 6.07 Å². The molecule has 1 amide bonds. The van der Waals surface area contributed by atoms with E-state index >= 15 is 0 Å². The van der Waals surface area contributed by atoms with Crippen molar-refractivity contribution in [2.75, 3.05) is 33.3 Å². The molecule has 8 heteroatoms. The van der Waals surface area contributed by atoms with Gasteiger partial charge in [-0.2, -0.15) is 0 Å². The number of nitrogens with one attached hydrogen (secondary N) is 4. The lowest BCUT2D eigenvalue weighted by Crippen LogP contribution is -2.41. The Hall–Kier alpha value is -3.55.